The van der Waals surface area contributed by atoms with Gasteiger partial charge >= 0.3 is 0 Å². The molecule has 1 aliphatic heterocycles. The van der Waals surface area contributed by atoms with Crippen molar-refractivity contribution in [1.82, 2.24) is 0 Å². The average Bonchev–Trinajstić information content (AvgIpc) is 2.77. The van der Waals surface area contributed by atoms with Crippen LogP contribution in [0.1, 0.15) is 16.7 Å². The van der Waals surface area contributed by atoms with Crippen molar-refractivity contribution >= 4 is 15.9 Å². The molecule has 3 rings (SSSR count). The number of para-hydroxylation sites is 1. The van der Waals surface area contributed by atoms with E-state index in [0.29, 0.717) is 22.8 Å². The first kappa shape index (κ1) is 14.8. The third-order valence-corrected chi connectivity index (χ3v) is 5.64. The molecule has 0 aliphatic carbocycles. The Morgan fingerprint density at radius 3 is 2.59 bits per heavy atom. The molecule has 2 N–H and O–H groups in total. The molecular weight excluding hydrogens is 298 g/mol. The van der Waals surface area contributed by atoms with E-state index in [0.717, 1.165) is 11.1 Å². The Labute approximate surface area is 130 Å². The molecule has 0 aromatic heterocycles. The molecule has 0 atom stereocenters. The lowest BCUT2D eigenvalue weighted by molar-refractivity contribution is 0.356. The zero-order valence-corrected chi connectivity index (χ0v) is 13.1. The minimum Gasteiger partial charge on any atom is -0.488 e. The quantitative estimate of drug-likeness (QED) is 0.941. The van der Waals surface area contributed by atoms with Crippen LogP contribution >= 0.6 is 0 Å². The van der Waals surface area contributed by atoms with E-state index in [1.54, 1.807) is 18.2 Å². The standard InChI is InChI=1S/C17H17NO3S/c1-12-5-2-3-7-16(12)21-11-14-9-15-13(10-18)6-4-8-17(15)22(14,19)20/h2-9H,10-11,18H2,1H3. The molecule has 0 saturated carbocycles. The summed E-state index contributed by atoms with van der Waals surface area (Å²) in [6.07, 6.45) is 1.67. The van der Waals surface area contributed by atoms with E-state index < -0.39 is 9.84 Å². The monoisotopic (exact) mass is 315 g/mol. The number of hydrogen-bond donors (Lipinski definition) is 1. The van der Waals surface area contributed by atoms with Gasteiger partial charge in [-0.05, 0) is 41.8 Å². The number of fused-ring (bicyclic) bond motifs is 1. The molecule has 22 heavy (non-hydrogen) atoms. The van der Waals surface area contributed by atoms with Crippen molar-refractivity contribution in [3.05, 3.63) is 64.1 Å². The number of rotatable bonds is 4. The minimum atomic E-state index is -3.48. The summed E-state index contributed by atoms with van der Waals surface area (Å²) in [6.45, 7) is 2.25. The fourth-order valence-electron chi connectivity index (χ4n) is 2.53. The maximum absolute atomic E-state index is 12.6. The molecule has 0 fully saturated rings. The van der Waals surface area contributed by atoms with Crippen LogP contribution in [0.15, 0.2) is 52.3 Å². The summed E-state index contributed by atoms with van der Waals surface area (Å²) in [5, 5.41) is 0. The maximum atomic E-state index is 12.6. The summed E-state index contributed by atoms with van der Waals surface area (Å²) >= 11 is 0. The maximum Gasteiger partial charge on any atom is 0.206 e. The first-order valence-electron chi connectivity index (χ1n) is 7.00. The van der Waals surface area contributed by atoms with Crippen LogP contribution in [0, 0.1) is 6.92 Å². The molecule has 0 saturated heterocycles. The smallest absolute Gasteiger partial charge is 0.206 e. The van der Waals surface area contributed by atoms with Gasteiger partial charge in [0.25, 0.3) is 0 Å². The van der Waals surface area contributed by atoms with Crippen molar-refractivity contribution in [2.75, 3.05) is 6.61 Å². The van der Waals surface area contributed by atoms with Crippen LogP contribution in [0.4, 0.5) is 0 Å². The number of hydrogen-bond acceptors (Lipinski definition) is 4. The van der Waals surface area contributed by atoms with Crippen molar-refractivity contribution in [2.45, 2.75) is 18.4 Å². The molecular formula is C17H17NO3S. The number of ether oxygens (including phenoxy) is 1. The van der Waals surface area contributed by atoms with E-state index in [1.807, 2.05) is 37.3 Å². The van der Waals surface area contributed by atoms with Crippen LogP contribution < -0.4 is 10.5 Å². The zero-order valence-electron chi connectivity index (χ0n) is 12.2. The van der Waals surface area contributed by atoms with E-state index in [2.05, 4.69) is 0 Å². The van der Waals surface area contributed by atoms with Crippen LogP contribution in [0.5, 0.6) is 5.75 Å². The van der Waals surface area contributed by atoms with Gasteiger partial charge in [0.1, 0.15) is 12.4 Å². The van der Waals surface area contributed by atoms with Gasteiger partial charge in [-0.3, -0.25) is 0 Å². The summed E-state index contributed by atoms with van der Waals surface area (Å²) in [5.41, 5.74) is 8.17. The van der Waals surface area contributed by atoms with E-state index in [-0.39, 0.29) is 11.5 Å². The fraction of sp³-hybridized carbons (Fsp3) is 0.176. The van der Waals surface area contributed by atoms with Crippen molar-refractivity contribution in [3.8, 4) is 5.75 Å². The Hall–Kier alpha value is -2.11. The van der Waals surface area contributed by atoms with Gasteiger partial charge < -0.3 is 10.5 Å². The van der Waals surface area contributed by atoms with E-state index in [9.17, 15) is 8.42 Å². The molecule has 0 amide bonds. The molecule has 0 bridgehead atoms. The average molecular weight is 315 g/mol. The lowest BCUT2D eigenvalue weighted by atomic mass is 10.1. The second-order valence-corrected chi connectivity index (χ2v) is 7.17. The summed E-state index contributed by atoms with van der Waals surface area (Å²) in [4.78, 5) is 0.588. The van der Waals surface area contributed by atoms with Crippen LogP contribution in [0.25, 0.3) is 6.08 Å². The van der Waals surface area contributed by atoms with E-state index in [4.69, 9.17) is 10.5 Å². The lowest BCUT2D eigenvalue weighted by Crippen LogP contribution is -2.09. The minimum absolute atomic E-state index is 0.0197. The Bertz CT molecular complexity index is 854. The van der Waals surface area contributed by atoms with Gasteiger partial charge in [0.05, 0.1) is 9.80 Å². The molecule has 0 unspecified atom stereocenters. The Balaban J connectivity index is 1.91. The summed E-state index contributed by atoms with van der Waals surface area (Å²) < 4.78 is 30.8. The molecule has 4 nitrogen and oxygen atoms in total. The largest absolute Gasteiger partial charge is 0.488 e. The Morgan fingerprint density at radius 2 is 1.86 bits per heavy atom. The van der Waals surface area contributed by atoms with Crippen LogP contribution in [-0.2, 0) is 16.4 Å². The van der Waals surface area contributed by atoms with Crippen molar-refractivity contribution in [3.63, 3.8) is 0 Å². The fourth-order valence-corrected chi connectivity index (χ4v) is 4.04. The predicted molar refractivity (Wildman–Crippen MR) is 86.2 cm³/mol. The summed E-state index contributed by atoms with van der Waals surface area (Å²) in [5.74, 6) is 0.689. The first-order chi connectivity index (χ1) is 10.5. The van der Waals surface area contributed by atoms with Gasteiger partial charge in [-0.1, -0.05) is 30.3 Å². The van der Waals surface area contributed by atoms with Crippen molar-refractivity contribution in [1.29, 1.82) is 0 Å². The van der Waals surface area contributed by atoms with Gasteiger partial charge in [0.2, 0.25) is 9.84 Å². The van der Waals surface area contributed by atoms with Crippen LogP contribution in [-0.4, -0.2) is 15.0 Å². The van der Waals surface area contributed by atoms with Gasteiger partial charge in [-0.25, -0.2) is 8.42 Å². The molecule has 2 aromatic rings. The highest BCUT2D eigenvalue weighted by Crippen LogP contribution is 2.35. The second-order valence-electron chi connectivity index (χ2n) is 5.20. The van der Waals surface area contributed by atoms with Crippen molar-refractivity contribution in [2.24, 2.45) is 5.73 Å². The normalized spacial score (nSPS) is 15.3. The van der Waals surface area contributed by atoms with Gasteiger partial charge in [0.15, 0.2) is 0 Å². The molecule has 0 radical (unpaired) electrons. The number of benzene rings is 2. The summed E-state index contributed by atoms with van der Waals surface area (Å²) in [6, 6.07) is 12.7. The first-order valence-corrected chi connectivity index (χ1v) is 8.48. The summed E-state index contributed by atoms with van der Waals surface area (Å²) in [7, 11) is -3.48. The molecule has 114 valence electrons. The molecule has 0 spiro atoms. The molecule has 5 heteroatoms. The van der Waals surface area contributed by atoms with E-state index in [1.165, 1.54) is 0 Å². The van der Waals surface area contributed by atoms with E-state index >= 15 is 0 Å². The predicted octanol–water partition coefficient (Wildman–Crippen LogP) is 2.66. The highest BCUT2D eigenvalue weighted by Gasteiger charge is 2.31. The Morgan fingerprint density at radius 1 is 1.09 bits per heavy atom. The van der Waals surface area contributed by atoms with Gasteiger partial charge in [0, 0.05) is 6.54 Å². The second kappa shape index (κ2) is 5.59. The number of nitrogens with two attached hydrogens (primary N) is 1. The van der Waals surface area contributed by atoms with Gasteiger partial charge in [-0.15, -0.1) is 0 Å². The SMILES string of the molecule is Cc1ccccc1OCC1=Cc2c(CN)cccc2S1(=O)=O. The zero-order chi connectivity index (χ0) is 15.7. The van der Waals surface area contributed by atoms with Gasteiger partial charge in [-0.2, -0.15) is 0 Å². The lowest BCUT2D eigenvalue weighted by Gasteiger charge is -2.09. The third kappa shape index (κ3) is 2.42. The molecule has 2 aromatic carbocycles. The topological polar surface area (TPSA) is 69.4 Å². The van der Waals surface area contributed by atoms with Crippen LogP contribution in [0.3, 0.4) is 0 Å². The number of aryl methyl sites for hydroxylation is 1. The third-order valence-electron chi connectivity index (χ3n) is 3.78. The van der Waals surface area contributed by atoms with Crippen LogP contribution in [0.2, 0.25) is 0 Å². The Kier molecular flexibility index (Phi) is 3.76. The highest BCUT2D eigenvalue weighted by molar-refractivity contribution is 7.95. The number of sulfone groups is 1. The highest BCUT2D eigenvalue weighted by atomic mass is 32.2. The van der Waals surface area contributed by atoms with Crippen molar-refractivity contribution < 1.29 is 13.2 Å². The molecule has 1 heterocycles. The molecule has 1 aliphatic rings.